The van der Waals surface area contributed by atoms with Gasteiger partial charge >= 0.3 is 0 Å². The number of hydrogen-bond acceptors (Lipinski definition) is 4. The van der Waals surface area contributed by atoms with Crippen molar-refractivity contribution in [3.05, 3.63) is 58.1 Å². The highest BCUT2D eigenvalue weighted by Gasteiger charge is 2.56. The molecule has 1 unspecified atom stereocenters. The van der Waals surface area contributed by atoms with E-state index in [1.807, 2.05) is 36.2 Å². The summed E-state index contributed by atoms with van der Waals surface area (Å²) in [5, 5.41) is 21.7. The van der Waals surface area contributed by atoms with E-state index in [-0.39, 0.29) is 17.2 Å². The van der Waals surface area contributed by atoms with Crippen molar-refractivity contribution < 1.29 is 14.9 Å². The number of likely N-dealkylation sites (N-methyl/N-ethyl adjacent to an activating group) is 1. The largest absolute Gasteiger partial charge is 0.504 e. The minimum absolute atomic E-state index is 0.0389. The van der Waals surface area contributed by atoms with Crippen LogP contribution in [0.4, 0.5) is 0 Å². The van der Waals surface area contributed by atoms with Crippen molar-refractivity contribution in [3.63, 3.8) is 0 Å². The Hall–Kier alpha value is -1.75. The molecule has 2 atom stereocenters. The van der Waals surface area contributed by atoms with E-state index in [0.717, 1.165) is 34.6 Å². The Kier molecular flexibility index (Phi) is 3.95. The second kappa shape index (κ2) is 5.90. The molecule has 1 fully saturated rings. The summed E-state index contributed by atoms with van der Waals surface area (Å²) in [6.07, 6.45) is 1.94. The van der Waals surface area contributed by atoms with E-state index in [1.54, 1.807) is 6.07 Å². The van der Waals surface area contributed by atoms with Gasteiger partial charge in [-0.05, 0) is 54.8 Å². The number of ether oxygens (including phenoxy) is 1. The molecule has 2 aliphatic rings. The van der Waals surface area contributed by atoms with Crippen LogP contribution in [-0.4, -0.2) is 35.5 Å². The van der Waals surface area contributed by atoms with E-state index in [1.165, 1.54) is 7.11 Å². The lowest BCUT2D eigenvalue weighted by molar-refractivity contribution is -0.0278. The normalized spacial score (nSPS) is 24.6. The van der Waals surface area contributed by atoms with Gasteiger partial charge in [-0.15, -0.1) is 0 Å². The molecule has 5 heteroatoms. The summed E-state index contributed by atoms with van der Waals surface area (Å²) in [6.45, 7) is 0. The number of aliphatic hydroxyl groups excluding tert-OH is 1. The summed E-state index contributed by atoms with van der Waals surface area (Å²) >= 11 is 6.51. The Balaban J connectivity index is 1.88. The van der Waals surface area contributed by atoms with Crippen LogP contribution in [0.25, 0.3) is 0 Å². The standard InChI is InChI=1S/C20H22ClNO3/c1-22-18(24)10-12-9-17(25-2)16(23)11-13(12)19(22)20(7-8-20)14-5-3-4-6-15(14)21/h3-6,9,11,18-19,23-24H,7-8,10H2,1-2H3/t18-,19?/m0/s1. The van der Waals surface area contributed by atoms with Gasteiger partial charge in [-0.2, -0.15) is 0 Å². The van der Waals surface area contributed by atoms with Gasteiger partial charge in [0.25, 0.3) is 0 Å². The van der Waals surface area contributed by atoms with Gasteiger partial charge in [0, 0.05) is 22.9 Å². The Bertz CT molecular complexity index is 819. The maximum Gasteiger partial charge on any atom is 0.160 e. The van der Waals surface area contributed by atoms with Gasteiger partial charge in [0.05, 0.1) is 7.11 Å². The van der Waals surface area contributed by atoms with Crippen molar-refractivity contribution in [1.82, 2.24) is 4.90 Å². The SMILES string of the molecule is COc1cc2c(cc1O)C(C1(c3ccccc3Cl)CC1)N(C)[C@@H](O)C2. The van der Waals surface area contributed by atoms with Crippen LogP contribution in [0.5, 0.6) is 11.5 Å². The van der Waals surface area contributed by atoms with Crippen LogP contribution < -0.4 is 4.74 Å². The number of aliphatic hydroxyl groups is 1. The maximum atomic E-state index is 10.6. The van der Waals surface area contributed by atoms with Crippen LogP contribution in [0.1, 0.15) is 35.6 Å². The molecule has 25 heavy (non-hydrogen) atoms. The highest BCUT2D eigenvalue weighted by Crippen LogP contribution is 2.61. The molecule has 0 saturated heterocycles. The molecular weight excluding hydrogens is 338 g/mol. The number of rotatable bonds is 3. The van der Waals surface area contributed by atoms with Gasteiger partial charge < -0.3 is 14.9 Å². The number of hydrogen-bond donors (Lipinski definition) is 2. The van der Waals surface area contributed by atoms with E-state index in [0.29, 0.717) is 12.2 Å². The molecule has 0 spiro atoms. The minimum atomic E-state index is -0.577. The van der Waals surface area contributed by atoms with Gasteiger partial charge in [0.2, 0.25) is 0 Å². The first kappa shape index (κ1) is 16.7. The first-order chi connectivity index (χ1) is 12.0. The van der Waals surface area contributed by atoms with Crippen LogP contribution in [0.2, 0.25) is 5.02 Å². The third kappa shape index (κ3) is 2.51. The second-order valence-corrected chi connectivity index (χ2v) is 7.52. The quantitative estimate of drug-likeness (QED) is 0.878. The fraction of sp³-hybridized carbons (Fsp3) is 0.400. The monoisotopic (exact) mass is 359 g/mol. The number of fused-ring (bicyclic) bond motifs is 1. The average Bonchev–Trinajstić information content (AvgIpc) is 3.38. The minimum Gasteiger partial charge on any atom is -0.504 e. The van der Waals surface area contributed by atoms with Crippen LogP contribution in [0, 0.1) is 0 Å². The van der Waals surface area contributed by atoms with E-state index in [4.69, 9.17) is 16.3 Å². The van der Waals surface area contributed by atoms with Crippen LogP contribution >= 0.6 is 11.6 Å². The zero-order valence-corrected chi connectivity index (χ0v) is 15.1. The number of phenols is 1. The van der Waals surface area contributed by atoms with Crippen molar-refractivity contribution in [2.24, 2.45) is 0 Å². The van der Waals surface area contributed by atoms with E-state index in [2.05, 4.69) is 6.07 Å². The molecule has 4 rings (SSSR count). The molecule has 1 heterocycles. The first-order valence-corrected chi connectivity index (χ1v) is 8.90. The molecule has 132 valence electrons. The molecular formula is C20H22ClNO3. The molecule has 1 saturated carbocycles. The maximum absolute atomic E-state index is 10.6. The molecule has 4 nitrogen and oxygen atoms in total. The van der Waals surface area contributed by atoms with E-state index in [9.17, 15) is 10.2 Å². The second-order valence-electron chi connectivity index (χ2n) is 7.11. The zero-order chi connectivity index (χ0) is 17.8. The lowest BCUT2D eigenvalue weighted by Crippen LogP contribution is -2.45. The molecule has 0 bridgehead atoms. The summed E-state index contributed by atoms with van der Waals surface area (Å²) in [5.74, 6) is 0.572. The Morgan fingerprint density at radius 3 is 2.60 bits per heavy atom. The third-order valence-corrected chi connectivity index (χ3v) is 6.07. The number of halogens is 1. The van der Waals surface area contributed by atoms with Crippen LogP contribution in [0.15, 0.2) is 36.4 Å². The molecule has 2 aromatic carbocycles. The summed E-state index contributed by atoms with van der Waals surface area (Å²) < 4.78 is 5.25. The van der Waals surface area contributed by atoms with E-state index >= 15 is 0 Å². The summed E-state index contributed by atoms with van der Waals surface area (Å²) in [5.41, 5.74) is 3.04. The van der Waals surface area contributed by atoms with Crippen molar-refractivity contribution >= 4 is 11.6 Å². The molecule has 0 amide bonds. The van der Waals surface area contributed by atoms with Gasteiger partial charge in [-0.3, -0.25) is 4.90 Å². The molecule has 0 radical (unpaired) electrons. The van der Waals surface area contributed by atoms with Gasteiger partial charge in [-0.1, -0.05) is 29.8 Å². The predicted octanol–water partition coefficient (Wildman–Crippen LogP) is 3.63. The van der Waals surface area contributed by atoms with Gasteiger partial charge in [-0.25, -0.2) is 0 Å². The Morgan fingerprint density at radius 2 is 1.96 bits per heavy atom. The van der Waals surface area contributed by atoms with Crippen molar-refractivity contribution in [2.45, 2.75) is 36.9 Å². The molecule has 0 aromatic heterocycles. The number of methoxy groups -OCH3 is 1. The zero-order valence-electron chi connectivity index (χ0n) is 14.4. The Labute approximate surface area is 152 Å². The lowest BCUT2D eigenvalue weighted by Gasteiger charge is -2.43. The van der Waals surface area contributed by atoms with Crippen molar-refractivity contribution in [3.8, 4) is 11.5 Å². The number of benzene rings is 2. The molecule has 2 aromatic rings. The predicted molar refractivity (Wildman–Crippen MR) is 97.2 cm³/mol. The molecule has 1 aliphatic heterocycles. The van der Waals surface area contributed by atoms with Gasteiger partial charge in [0.1, 0.15) is 6.23 Å². The highest BCUT2D eigenvalue weighted by atomic mass is 35.5. The van der Waals surface area contributed by atoms with Crippen molar-refractivity contribution in [1.29, 1.82) is 0 Å². The van der Waals surface area contributed by atoms with Crippen LogP contribution in [0.3, 0.4) is 0 Å². The summed E-state index contributed by atoms with van der Waals surface area (Å²) in [7, 11) is 3.48. The number of aromatic hydroxyl groups is 1. The molecule has 1 aliphatic carbocycles. The number of nitrogens with zero attached hydrogens (tertiary/aromatic N) is 1. The summed E-state index contributed by atoms with van der Waals surface area (Å²) in [4.78, 5) is 2.00. The fourth-order valence-corrected chi connectivity index (χ4v) is 4.65. The van der Waals surface area contributed by atoms with Crippen LogP contribution in [-0.2, 0) is 11.8 Å². The van der Waals surface area contributed by atoms with Gasteiger partial charge in [0.15, 0.2) is 11.5 Å². The third-order valence-electron chi connectivity index (χ3n) is 5.74. The van der Waals surface area contributed by atoms with E-state index < -0.39 is 6.23 Å². The average molecular weight is 360 g/mol. The topological polar surface area (TPSA) is 52.9 Å². The summed E-state index contributed by atoms with van der Waals surface area (Å²) in [6, 6.07) is 11.5. The molecule has 2 N–H and O–H groups in total. The van der Waals surface area contributed by atoms with Crippen molar-refractivity contribution in [2.75, 3.05) is 14.2 Å². The Morgan fingerprint density at radius 1 is 1.24 bits per heavy atom. The highest BCUT2D eigenvalue weighted by molar-refractivity contribution is 6.31. The lowest BCUT2D eigenvalue weighted by atomic mass is 9.78. The smallest absolute Gasteiger partial charge is 0.160 e. The first-order valence-electron chi connectivity index (χ1n) is 8.53. The fourth-order valence-electron chi connectivity index (χ4n) is 4.33. The number of phenolic OH excluding ortho intramolecular Hbond substituents is 1.